The fourth-order valence-corrected chi connectivity index (χ4v) is 3.48. The summed E-state index contributed by atoms with van der Waals surface area (Å²) in [6, 6.07) is 12.0. The highest BCUT2D eigenvalue weighted by Crippen LogP contribution is 2.25. The predicted octanol–water partition coefficient (Wildman–Crippen LogP) is 2.43. The zero-order valence-corrected chi connectivity index (χ0v) is 16.0. The lowest BCUT2D eigenvalue weighted by Gasteiger charge is -2.34. The van der Waals surface area contributed by atoms with Gasteiger partial charge in [0.2, 0.25) is 5.91 Å². The third kappa shape index (κ3) is 3.97. The number of halogens is 2. The summed E-state index contributed by atoms with van der Waals surface area (Å²) in [6.45, 7) is 1.00. The number of hydrogen-bond donors (Lipinski definition) is 1. The Balaban J connectivity index is 1.57. The molecule has 29 heavy (non-hydrogen) atoms. The largest absolute Gasteiger partial charge is 0.352 e. The minimum Gasteiger partial charge on any atom is -0.352 e. The van der Waals surface area contributed by atoms with Gasteiger partial charge in [-0.2, -0.15) is 0 Å². The van der Waals surface area contributed by atoms with Crippen molar-refractivity contribution in [3.63, 3.8) is 0 Å². The van der Waals surface area contributed by atoms with Crippen LogP contribution in [-0.2, 0) is 11.3 Å². The first-order valence-corrected chi connectivity index (χ1v) is 9.38. The second-order valence-electron chi connectivity index (χ2n) is 6.64. The lowest BCUT2D eigenvalue weighted by Crippen LogP contribution is -2.52. The summed E-state index contributed by atoms with van der Waals surface area (Å²) < 4.78 is 14.8. The SMILES string of the molecule is O=C1NCCN(C(=O)c2cn(Cc3ccccc3Cl)nn2)[C@@H]1c1ccc(F)cc1. The van der Waals surface area contributed by atoms with E-state index in [4.69, 9.17) is 11.6 Å². The van der Waals surface area contributed by atoms with E-state index in [1.807, 2.05) is 18.2 Å². The Morgan fingerprint density at radius 1 is 1.21 bits per heavy atom. The molecule has 1 fully saturated rings. The average Bonchev–Trinajstić information content (AvgIpc) is 3.18. The first-order chi connectivity index (χ1) is 14.0. The van der Waals surface area contributed by atoms with Gasteiger partial charge in [0.05, 0.1) is 12.7 Å². The number of nitrogens with zero attached hydrogens (tertiary/aromatic N) is 4. The molecular formula is C20H17ClFN5O2. The van der Waals surface area contributed by atoms with Crippen LogP contribution in [0.4, 0.5) is 4.39 Å². The highest BCUT2D eigenvalue weighted by atomic mass is 35.5. The summed E-state index contributed by atoms with van der Waals surface area (Å²) in [5.74, 6) is -1.15. The van der Waals surface area contributed by atoms with Crippen LogP contribution in [0, 0.1) is 5.82 Å². The van der Waals surface area contributed by atoms with Crippen molar-refractivity contribution in [3.05, 3.63) is 82.4 Å². The fraction of sp³-hybridized carbons (Fsp3) is 0.200. The number of carbonyl (C=O) groups is 2. The molecule has 1 atom stereocenters. The molecule has 0 saturated carbocycles. The molecule has 1 aromatic heterocycles. The molecule has 0 bridgehead atoms. The van der Waals surface area contributed by atoms with Crippen molar-refractivity contribution in [2.24, 2.45) is 0 Å². The molecule has 3 aromatic rings. The van der Waals surface area contributed by atoms with Crippen molar-refractivity contribution >= 4 is 23.4 Å². The maximum Gasteiger partial charge on any atom is 0.277 e. The molecule has 1 aliphatic rings. The topological polar surface area (TPSA) is 80.1 Å². The third-order valence-electron chi connectivity index (χ3n) is 4.71. The van der Waals surface area contributed by atoms with Gasteiger partial charge in [0, 0.05) is 18.1 Å². The van der Waals surface area contributed by atoms with E-state index in [2.05, 4.69) is 15.6 Å². The molecule has 7 nitrogen and oxygen atoms in total. The molecule has 0 radical (unpaired) electrons. The molecule has 1 N–H and O–H groups in total. The van der Waals surface area contributed by atoms with Crippen LogP contribution in [-0.4, -0.2) is 44.8 Å². The van der Waals surface area contributed by atoms with Crippen molar-refractivity contribution in [2.45, 2.75) is 12.6 Å². The molecule has 0 unspecified atom stereocenters. The number of aromatic nitrogens is 3. The summed E-state index contributed by atoms with van der Waals surface area (Å²) in [4.78, 5) is 26.9. The molecule has 2 amide bonds. The zero-order valence-electron chi connectivity index (χ0n) is 15.3. The Labute approximate surface area is 171 Å². The van der Waals surface area contributed by atoms with E-state index in [9.17, 15) is 14.0 Å². The van der Waals surface area contributed by atoms with E-state index >= 15 is 0 Å². The number of benzene rings is 2. The van der Waals surface area contributed by atoms with Crippen LogP contribution in [0.15, 0.2) is 54.7 Å². The molecule has 2 heterocycles. The number of hydrogen-bond acceptors (Lipinski definition) is 4. The maximum absolute atomic E-state index is 13.3. The van der Waals surface area contributed by atoms with Gasteiger partial charge in [0.15, 0.2) is 5.69 Å². The summed E-state index contributed by atoms with van der Waals surface area (Å²) in [6.07, 6.45) is 1.53. The first-order valence-electron chi connectivity index (χ1n) is 9.00. The second-order valence-corrected chi connectivity index (χ2v) is 7.04. The van der Waals surface area contributed by atoms with E-state index in [-0.39, 0.29) is 11.6 Å². The summed E-state index contributed by atoms with van der Waals surface area (Å²) in [5.41, 5.74) is 1.50. The van der Waals surface area contributed by atoms with Gasteiger partial charge < -0.3 is 10.2 Å². The van der Waals surface area contributed by atoms with Gasteiger partial charge in [-0.1, -0.05) is 47.1 Å². The Morgan fingerprint density at radius 3 is 2.72 bits per heavy atom. The standard InChI is InChI=1S/C20H17ClFN5O2/c21-16-4-2-1-3-14(16)11-26-12-17(24-25-26)20(29)27-10-9-23-19(28)18(27)13-5-7-15(22)8-6-13/h1-8,12,18H,9-11H2,(H,23,28)/t18-/m1/s1. The number of piperazine rings is 1. The van der Waals surface area contributed by atoms with Crippen LogP contribution in [0.2, 0.25) is 5.02 Å². The minimum absolute atomic E-state index is 0.124. The highest BCUT2D eigenvalue weighted by molar-refractivity contribution is 6.31. The van der Waals surface area contributed by atoms with Crippen LogP contribution < -0.4 is 5.32 Å². The Morgan fingerprint density at radius 2 is 1.97 bits per heavy atom. The molecule has 0 aliphatic carbocycles. The van der Waals surface area contributed by atoms with Gasteiger partial charge in [0.25, 0.3) is 5.91 Å². The molecule has 0 spiro atoms. The Hall–Kier alpha value is -3.26. The Kier molecular flexibility index (Phi) is 5.26. The lowest BCUT2D eigenvalue weighted by atomic mass is 10.0. The number of rotatable bonds is 4. The van der Waals surface area contributed by atoms with Gasteiger partial charge in [0.1, 0.15) is 11.9 Å². The van der Waals surface area contributed by atoms with E-state index in [0.717, 1.165) is 5.56 Å². The van der Waals surface area contributed by atoms with E-state index < -0.39 is 17.8 Å². The molecule has 9 heteroatoms. The summed E-state index contributed by atoms with van der Waals surface area (Å²) >= 11 is 6.17. The van der Waals surface area contributed by atoms with Crippen molar-refractivity contribution < 1.29 is 14.0 Å². The van der Waals surface area contributed by atoms with E-state index in [1.54, 1.807) is 6.07 Å². The molecule has 1 aliphatic heterocycles. The zero-order chi connectivity index (χ0) is 20.4. The van der Waals surface area contributed by atoms with Gasteiger partial charge in [-0.25, -0.2) is 9.07 Å². The molecular weight excluding hydrogens is 397 g/mol. The van der Waals surface area contributed by atoms with Crippen LogP contribution in [0.25, 0.3) is 0 Å². The number of amides is 2. The van der Waals surface area contributed by atoms with Gasteiger partial charge in [-0.05, 0) is 29.3 Å². The van der Waals surface area contributed by atoms with Gasteiger partial charge in [-0.3, -0.25) is 9.59 Å². The minimum atomic E-state index is -0.856. The van der Waals surface area contributed by atoms with E-state index in [0.29, 0.717) is 30.2 Å². The summed E-state index contributed by atoms with van der Waals surface area (Å²) in [5, 5.41) is 11.3. The lowest BCUT2D eigenvalue weighted by molar-refractivity contribution is -0.128. The predicted molar refractivity (Wildman–Crippen MR) is 104 cm³/mol. The van der Waals surface area contributed by atoms with Crippen LogP contribution in [0.1, 0.15) is 27.7 Å². The third-order valence-corrected chi connectivity index (χ3v) is 5.08. The Bertz CT molecular complexity index is 1050. The van der Waals surface area contributed by atoms with Crippen molar-refractivity contribution in [3.8, 4) is 0 Å². The molecule has 4 rings (SSSR count). The summed E-state index contributed by atoms with van der Waals surface area (Å²) in [7, 11) is 0. The monoisotopic (exact) mass is 413 g/mol. The quantitative estimate of drug-likeness (QED) is 0.712. The molecule has 1 saturated heterocycles. The second kappa shape index (κ2) is 8.00. The normalized spacial score (nSPS) is 16.6. The van der Waals surface area contributed by atoms with E-state index in [1.165, 1.54) is 40.0 Å². The van der Waals surface area contributed by atoms with Gasteiger partial charge >= 0.3 is 0 Å². The number of carbonyl (C=O) groups excluding carboxylic acids is 2. The maximum atomic E-state index is 13.3. The van der Waals surface area contributed by atoms with Gasteiger partial charge in [-0.15, -0.1) is 5.10 Å². The first kappa shape index (κ1) is 19.1. The molecule has 2 aromatic carbocycles. The highest BCUT2D eigenvalue weighted by Gasteiger charge is 2.35. The van der Waals surface area contributed by atoms with Crippen LogP contribution >= 0.6 is 11.6 Å². The molecule has 148 valence electrons. The van der Waals surface area contributed by atoms with Crippen LogP contribution in [0.5, 0.6) is 0 Å². The van der Waals surface area contributed by atoms with Crippen molar-refractivity contribution in [2.75, 3.05) is 13.1 Å². The van der Waals surface area contributed by atoms with Crippen LogP contribution in [0.3, 0.4) is 0 Å². The van der Waals surface area contributed by atoms with Crippen molar-refractivity contribution in [1.29, 1.82) is 0 Å². The average molecular weight is 414 g/mol. The number of nitrogens with one attached hydrogen (secondary N) is 1. The smallest absolute Gasteiger partial charge is 0.277 e. The fourth-order valence-electron chi connectivity index (χ4n) is 3.28. The van der Waals surface area contributed by atoms with Crippen molar-refractivity contribution in [1.82, 2.24) is 25.2 Å².